The van der Waals surface area contributed by atoms with Crippen LogP contribution in [0.1, 0.15) is 64.2 Å². The first-order chi connectivity index (χ1) is 58.2. The highest BCUT2D eigenvalue weighted by Gasteiger charge is 2.31. The number of nitrogens with zero attached hydrogens (tertiary/aromatic N) is 10. The number of rotatable bonds is 41. The van der Waals surface area contributed by atoms with Gasteiger partial charge in [0.05, 0.1) is 234 Å². The molecule has 0 aliphatic carbocycles. The average molecular weight is 1690 g/mol. The van der Waals surface area contributed by atoms with E-state index in [9.17, 15) is 15.3 Å². The molecule has 0 saturated carbocycles. The molecule has 0 atom stereocenters. The quantitative estimate of drug-likeness (QED) is 0.0123. The molecule has 15 N–H and O–H groups in total. The molecule has 0 amide bonds. The molecule has 8 aliphatic heterocycles. The van der Waals surface area contributed by atoms with E-state index in [0.717, 1.165) is 205 Å². The van der Waals surface area contributed by atoms with Gasteiger partial charge in [0.1, 0.15) is 121 Å². The molecule has 30 nitrogen and oxygen atoms in total. The van der Waals surface area contributed by atoms with Crippen LogP contribution in [-0.2, 0) is 23.7 Å². The molecule has 5 aromatic carbocycles. The molecule has 0 bridgehead atoms. The molecule has 0 aromatic heterocycles. The van der Waals surface area contributed by atoms with E-state index in [-0.39, 0.29) is 33.0 Å². The fourth-order valence-corrected chi connectivity index (χ4v) is 17.3. The summed E-state index contributed by atoms with van der Waals surface area (Å²) in [6, 6.07) is 29.1. The Morgan fingerprint density at radius 1 is 0.308 bits per heavy atom. The fraction of sp³-hybridized carbons (Fsp3) is 0.667. The number of quaternary nitrogens is 5. The molecule has 3 saturated heterocycles. The van der Waals surface area contributed by atoms with Crippen LogP contribution in [-0.4, -0.2) is 378 Å². The lowest BCUT2D eigenvalue weighted by molar-refractivity contribution is -0.929. The highest BCUT2D eigenvalue weighted by atomic mass is 16.5. The van der Waals surface area contributed by atoms with Gasteiger partial charge < -0.3 is 148 Å². The maximum atomic E-state index is 9.29. The predicted molar refractivity (Wildman–Crippen MR) is 481 cm³/mol. The van der Waals surface area contributed by atoms with Gasteiger partial charge in [0.25, 0.3) is 0 Å². The summed E-state index contributed by atoms with van der Waals surface area (Å²) in [6.07, 6.45) is 13.6. The van der Waals surface area contributed by atoms with Gasteiger partial charge >= 0.3 is 0 Å². The molecule has 8 aliphatic rings. The second kappa shape index (κ2) is 50.9. The Hall–Kier alpha value is -7.50. The highest BCUT2D eigenvalue weighted by Crippen LogP contribution is 2.38. The first kappa shape index (κ1) is 96.3. The first-order valence-electron chi connectivity index (χ1n) is 44.7. The summed E-state index contributed by atoms with van der Waals surface area (Å²) in [5, 5.41) is 46.2. The Balaban J connectivity index is 0.000000171. The van der Waals surface area contributed by atoms with Crippen LogP contribution in [0, 0.1) is 0 Å². The van der Waals surface area contributed by atoms with E-state index in [1.165, 1.54) is 117 Å². The van der Waals surface area contributed by atoms with E-state index >= 15 is 0 Å². The molecule has 8 heterocycles. The smallest absolute Gasteiger partial charge is 0.144 e. The minimum atomic E-state index is 0.0215. The Labute approximate surface area is 716 Å². The van der Waals surface area contributed by atoms with Crippen molar-refractivity contribution in [1.29, 1.82) is 0 Å². The summed E-state index contributed by atoms with van der Waals surface area (Å²) in [4.78, 5) is 11.4. The molecule has 3 fully saturated rings. The number of fused-ring (bicyclic) bond motifs is 5. The molecule has 120 heavy (non-hydrogen) atoms. The van der Waals surface area contributed by atoms with Gasteiger partial charge in [0.2, 0.25) is 0 Å². The van der Waals surface area contributed by atoms with Gasteiger partial charge in [0.15, 0.2) is 0 Å². The van der Waals surface area contributed by atoms with Gasteiger partial charge in [-0.15, -0.1) is 0 Å². The number of nitrogen functional groups attached to an aromatic ring is 5. The lowest BCUT2D eigenvalue weighted by atomic mass is 10.1. The minimum Gasteiger partial charge on any atom is -0.489 e. The van der Waals surface area contributed by atoms with Crippen LogP contribution in [0.2, 0.25) is 0 Å². The predicted octanol–water partition coefficient (Wildman–Crippen LogP) is 5.93. The number of aliphatic hydroxyl groups is 5. The van der Waals surface area contributed by atoms with Crippen LogP contribution in [0.15, 0.2) is 91.0 Å². The van der Waals surface area contributed by atoms with Crippen LogP contribution in [0.4, 0.5) is 56.9 Å². The van der Waals surface area contributed by atoms with Gasteiger partial charge in [-0.1, -0.05) is 0 Å². The molecule has 674 valence electrons. The summed E-state index contributed by atoms with van der Waals surface area (Å²) in [6.45, 7) is 35.2. The Morgan fingerprint density at radius 2 is 0.558 bits per heavy atom. The Kier molecular flexibility index (Phi) is 40.9. The molecular formula is C90H154N15O15+5. The van der Waals surface area contributed by atoms with Crippen molar-refractivity contribution in [3.63, 3.8) is 0 Å². The molecule has 0 spiro atoms. The summed E-state index contributed by atoms with van der Waals surface area (Å²) < 4.78 is 62.4. The van der Waals surface area contributed by atoms with E-state index in [4.69, 9.17) is 86.3 Å². The number of hydrogen-bond acceptors (Lipinski definition) is 25. The van der Waals surface area contributed by atoms with E-state index in [1.54, 1.807) is 0 Å². The topological polar surface area (TPSA) is 340 Å². The number of hydrogen-bond donors (Lipinski definition) is 10. The number of aliphatic hydroxyl groups excluding tert-OH is 5. The van der Waals surface area contributed by atoms with Gasteiger partial charge in [0, 0.05) is 97.9 Å². The van der Waals surface area contributed by atoms with Crippen molar-refractivity contribution < 1.29 is 95.3 Å². The van der Waals surface area contributed by atoms with Crippen molar-refractivity contribution in [3.05, 3.63) is 91.0 Å². The third kappa shape index (κ3) is 32.0. The van der Waals surface area contributed by atoms with Gasteiger partial charge in [-0.05, 0) is 118 Å². The van der Waals surface area contributed by atoms with E-state index in [2.05, 4.69) is 45.6 Å². The van der Waals surface area contributed by atoms with Gasteiger partial charge in [-0.3, -0.25) is 0 Å². The Bertz CT molecular complexity index is 3590. The van der Waals surface area contributed by atoms with Gasteiger partial charge in [-0.2, -0.15) is 0 Å². The molecule has 5 aromatic rings. The number of likely N-dealkylation sites (tertiary alicyclic amines) is 3. The molecular weight excluding hydrogens is 1530 g/mol. The van der Waals surface area contributed by atoms with Crippen molar-refractivity contribution in [1.82, 2.24) is 0 Å². The van der Waals surface area contributed by atoms with Gasteiger partial charge in [-0.25, -0.2) is 0 Å². The average Bonchev–Trinajstić information content (AvgIpc) is 0.834. The van der Waals surface area contributed by atoms with Crippen LogP contribution in [0.25, 0.3) is 0 Å². The van der Waals surface area contributed by atoms with E-state index < -0.39 is 0 Å². The maximum Gasteiger partial charge on any atom is 0.144 e. The second-order valence-electron chi connectivity index (χ2n) is 34.4. The zero-order valence-corrected chi connectivity index (χ0v) is 73.4. The van der Waals surface area contributed by atoms with Crippen molar-refractivity contribution in [2.45, 2.75) is 64.2 Å². The van der Waals surface area contributed by atoms with Crippen molar-refractivity contribution >= 4 is 56.9 Å². The Morgan fingerprint density at radius 3 is 0.833 bits per heavy atom. The zero-order chi connectivity index (χ0) is 85.3. The molecule has 13 rings (SSSR count). The molecule has 30 heteroatoms. The van der Waals surface area contributed by atoms with Crippen molar-refractivity contribution in [3.8, 4) is 28.7 Å². The first-order valence-corrected chi connectivity index (χ1v) is 44.7. The maximum absolute atomic E-state index is 9.29. The number of benzene rings is 5. The summed E-state index contributed by atoms with van der Waals surface area (Å²) in [7, 11) is 9.16. The van der Waals surface area contributed by atoms with Crippen LogP contribution < -0.4 is 76.9 Å². The number of anilines is 10. The van der Waals surface area contributed by atoms with Crippen LogP contribution in [0.3, 0.4) is 0 Å². The number of ether oxygens (including phenoxy) is 10. The summed E-state index contributed by atoms with van der Waals surface area (Å²) in [5.41, 5.74) is 38.2. The third-order valence-corrected chi connectivity index (χ3v) is 25.0. The lowest BCUT2D eigenvalue weighted by Gasteiger charge is -2.37. The fourth-order valence-electron chi connectivity index (χ4n) is 17.3. The van der Waals surface area contributed by atoms with E-state index in [1.807, 2.05) is 98.0 Å². The van der Waals surface area contributed by atoms with Crippen LogP contribution >= 0.6 is 0 Å². The lowest BCUT2D eigenvalue weighted by Crippen LogP contribution is -2.55. The minimum absolute atomic E-state index is 0.0215. The SMILES string of the molecule is C[N+](CCO)(CCO)CCOCCN1CCOc2cc(N)ccc21.C[N+]1(CCCOCCN2CCOc3cc(N)ccc32)CCCCC1.C[N+]1(CCOCCN2CCOc3cc(N)ccc32)CCCCC1.C[N+]1(CCOCCN2CCOc3cc(N)ccc32)CCCCC1.Nc1ccc2c(c1)OCCN2CCOCC[N+](CCO)(CCO)CCO. The summed E-state index contributed by atoms with van der Waals surface area (Å²) >= 11 is 0. The number of likely N-dealkylation sites (N-methyl/N-ethyl adjacent to an activating group) is 3. The normalized spacial score (nSPS) is 17.5. The molecule has 0 radical (unpaired) electrons. The van der Waals surface area contributed by atoms with Crippen molar-refractivity contribution in [2.24, 2.45) is 0 Å². The monoisotopic (exact) mass is 1690 g/mol. The van der Waals surface area contributed by atoms with Crippen LogP contribution in [0.5, 0.6) is 28.7 Å². The number of nitrogens with two attached hydrogens (primary N) is 5. The highest BCUT2D eigenvalue weighted by molar-refractivity contribution is 5.69. The third-order valence-electron chi connectivity index (χ3n) is 25.0. The standard InChI is InChI=1S/C19H32N3O2.C18H32N3O5.2C18H30N3O2.C17H30N3O4/c1-22(10-3-2-4-11-22)12-5-13-23-14-8-21-9-15-24-19-16-17(20)6-7-18(19)21;19-16-1-2-17-18(15-16)26-13-4-20(17)3-12-25-14-8-21(5-9-22,6-10-23)7-11-24;2*1-21(9-3-2-4-10-21)11-14-22-12-7-20-8-13-23-18-15-16(19)5-6-17(18)20;1-20(6-9-21,7-10-22)8-13-23-11-4-19-5-12-24-17-14-15(18)2-3-16(17)19/h6-7,16H,2-5,8-15,20H2,1H3;1-2,15,22-24H,3-14,19H2;2*5-6,15H,2-4,7-14,19H2,1H3;2-3,14,21-22H,4-13,18H2,1H3/q5*+1. The van der Waals surface area contributed by atoms with E-state index in [0.29, 0.717) is 119 Å². The second-order valence-corrected chi connectivity index (χ2v) is 34.4. The largest absolute Gasteiger partial charge is 0.489 e. The zero-order valence-electron chi connectivity index (χ0n) is 73.4. The van der Waals surface area contributed by atoms with Crippen molar-refractivity contribution in [2.75, 3.05) is 384 Å². The number of piperidine rings is 3. The molecule has 0 unspecified atom stereocenters. The summed E-state index contributed by atoms with van der Waals surface area (Å²) in [5.74, 6) is 4.31.